The molecule has 4 amide bonds. The highest BCUT2D eigenvalue weighted by Crippen LogP contribution is 2.51. The molecule has 2 saturated heterocycles. The van der Waals surface area contributed by atoms with Gasteiger partial charge in [-0.3, -0.25) is 19.2 Å². The molecule has 0 spiro atoms. The highest BCUT2D eigenvalue weighted by Gasteiger charge is 2.41. The van der Waals surface area contributed by atoms with Crippen molar-refractivity contribution in [1.29, 1.82) is 0 Å². The number of benzene rings is 4. The van der Waals surface area contributed by atoms with Gasteiger partial charge >= 0.3 is 12.4 Å². The zero-order valence-corrected chi connectivity index (χ0v) is 36.7. The van der Waals surface area contributed by atoms with E-state index in [2.05, 4.69) is 0 Å². The number of carbonyl (C=O) groups excluding carboxylic acids is 4. The first-order valence-corrected chi connectivity index (χ1v) is 21.2. The summed E-state index contributed by atoms with van der Waals surface area (Å²) in [7, 11) is 0. The number of alkyl halides is 6. The number of rotatable bonds is 8. The van der Waals surface area contributed by atoms with Crippen LogP contribution in [0.5, 0.6) is 0 Å². The van der Waals surface area contributed by atoms with Gasteiger partial charge in [-0.05, 0) is 74.2 Å². The van der Waals surface area contributed by atoms with Crippen molar-refractivity contribution >= 4 is 47.5 Å². The summed E-state index contributed by atoms with van der Waals surface area (Å²) in [6, 6.07) is 14.9. The molecule has 2 aliphatic heterocycles. The van der Waals surface area contributed by atoms with E-state index in [1.165, 1.54) is 60.1 Å². The highest BCUT2D eigenvalue weighted by atomic mass is 32.2. The van der Waals surface area contributed by atoms with Gasteiger partial charge in [-0.2, -0.15) is 26.3 Å². The van der Waals surface area contributed by atoms with E-state index in [9.17, 15) is 19.2 Å². The summed E-state index contributed by atoms with van der Waals surface area (Å²) < 4.78 is 94.0. The van der Waals surface area contributed by atoms with Crippen molar-refractivity contribution in [3.05, 3.63) is 117 Å². The summed E-state index contributed by atoms with van der Waals surface area (Å²) >= 11 is 0.343. The fourth-order valence-corrected chi connectivity index (χ4v) is 9.35. The van der Waals surface area contributed by atoms with Crippen LogP contribution in [0.3, 0.4) is 0 Å². The van der Waals surface area contributed by atoms with E-state index in [1.807, 2.05) is 0 Å². The van der Waals surface area contributed by atoms with Crippen molar-refractivity contribution < 1.29 is 45.5 Å². The molecule has 0 atom stereocenters. The van der Waals surface area contributed by atoms with Crippen LogP contribution < -0.4 is 0 Å². The summed E-state index contributed by atoms with van der Waals surface area (Å²) in [5, 5.41) is 0. The predicted molar refractivity (Wildman–Crippen MR) is 233 cm³/mol. The minimum atomic E-state index is -5.07. The van der Waals surface area contributed by atoms with Crippen LogP contribution in [0.2, 0.25) is 0 Å². The smallest absolute Gasteiger partial charge is 0.339 e. The van der Waals surface area contributed by atoms with Crippen molar-refractivity contribution in [2.75, 3.05) is 52.4 Å². The van der Waals surface area contributed by atoms with E-state index < -0.39 is 45.1 Å². The molecular weight excluding hydrogens is 843 g/mol. The highest BCUT2D eigenvalue weighted by molar-refractivity contribution is 7.99. The Morgan fingerprint density at radius 1 is 0.492 bits per heavy atom. The molecule has 0 aromatic heterocycles. The van der Waals surface area contributed by atoms with Crippen molar-refractivity contribution in [2.45, 2.75) is 63.7 Å². The van der Waals surface area contributed by atoms with E-state index >= 15 is 26.3 Å². The molecule has 0 bridgehead atoms. The Labute approximate surface area is 367 Å². The van der Waals surface area contributed by atoms with Crippen molar-refractivity contribution in [1.82, 2.24) is 19.6 Å². The van der Waals surface area contributed by atoms with Crippen molar-refractivity contribution in [3.8, 4) is 22.3 Å². The van der Waals surface area contributed by atoms with Gasteiger partial charge in [0.05, 0.1) is 11.1 Å². The molecule has 2 heterocycles. The lowest BCUT2D eigenvalue weighted by Crippen LogP contribution is -2.49. The maximum absolute atomic E-state index is 15.7. The summed E-state index contributed by atoms with van der Waals surface area (Å²) in [5.74, 6) is -1.18. The zero-order valence-electron chi connectivity index (χ0n) is 35.8. The molecule has 2 fully saturated rings. The molecule has 4 aromatic carbocycles. The quantitative estimate of drug-likeness (QED) is 0.130. The van der Waals surface area contributed by atoms with Crippen LogP contribution in [-0.4, -0.2) is 95.6 Å². The number of hydrogen-bond acceptors (Lipinski definition) is 5. The van der Waals surface area contributed by atoms with Gasteiger partial charge in [0.1, 0.15) is 0 Å². The summed E-state index contributed by atoms with van der Waals surface area (Å²) in [5.41, 5.74) is 0.113. The molecule has 0 radical (unpaired) electrons. The molecule has 8 nitrogen and oxygen atoms in total. The minimum Gasteiger partial charge on any atom is -0.339 e. The third kappa shape index (κ3) is 11.0. The van der Waals surface area contributed by atoms with Crippen LogP contribution in [0.15, 0.2) is 82.6 Å². The Hall–Kier alpha value is -5.83. The Balaban J connectivity index is 1.49. The van der Waals surface area contributed by atoms with Gasteiger partial charge in [0, 0.05) is 99.3 Å². The Morgan fingerprint density at radius 3 is 1.08 bits per heavy atom. The molecule has 6 rings (SSSR count). The molecule has 15 heteroatoms. The Morgan fingerprint density at radius 2 is 0.794 bits per heavy atom. The second kappa shape index (κ2) is 18.9. The Kier molecular flexibility index (Phi) is 14.0. The topological polar surface area (TPSA) is 81.2 Å². The third-order valence-electron chi connectivity index (χ3n) is 11.1. The average Bonchev–Trinajstić information content (AvgIpc) is 3.20. The van der Waals surface area contributed by atoms with E-state index in [0.717, 1.165) is 12.1 Å². The number of halogens is 6. The monoisotopic (exact) mass is 890 g/mol. The molecule has 332 valence electrons. The third-order valence-corrected chi connectivity index (χ3v) is 12.2. The number of amides is 4. The molecule has 63 heavy (non-hydrogen) atoms. The maximum atomic E-state index is 15.7. The van der Waals surface area contributed by atoms with Crippen LogP contribution in [0, 0.1) is 27.7 Å². The minimum absolute atomic E-state index is 0.0345. The lowest BCUT2D eigenvalue weighted by molar-refractivity contribution is -0.139. The first-order chi connectivity index (χ1) is 29.6. The van der Waals surface area contributed by atoms with E-state index in [4.69, 9.17) is 0 Å². The van der Waals surface area contributed by atoms with Gasteiger partial charge in [-0.25, -0.2) is 0 Å². The van der Waals surface area contributed by atoms with Gasteiger partial charge in [0.25, 0.3) is 0 Å². The summed E-state index contributed by atoms with van der Waals surface area (Å²) in [6.07, 6.45) is -5.19. The maximum Gasteiger partial charge on any atom is 0.418 e. The van der Waals surface area contributed by atoms with Crippen LogP contribution >= 0.6 is 11.8 Å². The average molecular weight is 891 g/mol. The second-order valence-electron chi connectivity index (χ2n) is 16.0. The van der Waals surface area contributed by atoms with Crippen LogP contribution in [-0.2, 0) is 31.5 Å². The van der Waals surface area contributed by atoms with Gasteiger partial charge in [-0.15, -0.1) is 0 Å². The lowest BCUT2D eigenvalue weighted by Gasteiger charge is -2.33. The van der Waals surface area contributed by atoms with Crippen LogP contribution in [0.25, 0.3) is 34.4 Å². The molecular formula is C48H48F6N4O4S. The van der Waals surface area contributed by atoms with Crippen LogP contribution in [0.1, 0.15) is 58.4 Å². The van der Waals surface area contributed by atoms with Gasteiger partial charge < -0.3 is 19.6 Å². The Bertz CT molecular complexity index is 2290. The normalized spacial score (nSPS) is 15.2. The fraction of sp³-hybridized carbons (Fsp3) is 0.333. The summed E-state index contributed by atoms with van der Waals surface area (Å²) in [6.45, 7) is 12.0. The number of aryl methyl sites for hydroxylation is 4. The van der Waals surface area contributed by atoms with Gasteiger partial charge in [0.2, 0.25) is 23.6 Å². The first kappa shape index (κ1) is 46.7. The first-order valence-electron chi connectivity index (χ1n) is 20.4. The summed E-state index contributed by atoms with van der Waals surface area (Å²) in [4.78, 5) is 55.4. The van der Waals surface area contributed by atoms with Gasteiger partial charge in [0.15, 0.2) is 0 Å². The molecule has 4 aromatic rings. The molecule has 2 aliphatic rings. The van der Waals surface area contributed by atoms with E-state index in [1.54, 1.807) is 73.9 Å². The number of nitrogens with zero attached hydrogens (tertiary/aromatic N) is 4. The standard InChI is InChI=1S/C48H48F6N4O4S/c1-29-23-30(2)26-37(25-29)43-35(9-13-41(61)57-19-15-55(16-20-57)33(5)59)7-11-39(45(43)47(49,50)51)63-40-12-8-36(10-14-42(62)58-21-17-56(18-22-58)34(6)60)44(46(40)48(52,53)54)38-27-31(3)24-32(4)28-38/h7-14,23-28H,15-22H2,1-6H3. The molecule has 0 unspecified atom stereocenters. The lowest BCUT2D eigenvalue weighted by atomic mass is 9.91. The van der Waals surface area contributed by atoms with Crippen LogP contribution in [0.4, 0.5) is 26.3 Å². The molecule has 0 N–H and O–H groups in total. The van der Waals surface area contributed by atoms with E-state index in [0.29, 0.717) is 60.2 Å². The predicted octanol–water partition coefficient (Wildman–Crippen LogP) is 9.85. The van der Waals surface area contributed by atoms with Crippen molar-refractivity contribution in [3.63, 3.8) is 0 Å². The van der Waals surface area contributed by atoms with Crippen molar-refractivity contribution in [2.24, 2.45) is 0 Å². The molecule has 0 saturated carbocycles. The number of hydrogen-bond donors (Lipinski definition) is 0. The van der Waals surface area contributed by atoms with Gasteiger partial charge in [-0.1, -0.05) is 82.5 Å². The zero-order chi connectivity index (χ0) is 46.0. The molecule has 0 aliphatic carbocycles. The van der Waals surface area contributed by atoms with E-state index in [-0.39, 0.29) is 71.4 Å². The second-order valence-corrected chi connectivity index (χ2v) is 17.1. The largest absolute Gasteiger partial charge is 0.418 e. The fourth-order valence-electron chi connectivity index (χ4n) is 8.21. The number of piperazine rings is 2. The SMILES string of the molecule is CC(=O)N1CCN(C(=O)C=Cc2ccc(Sc3ccc(C=CC(=O)N4CCN(C(C)=O)CC4)c(-c4cc(C)cc(C)c4)c3C(F)(F)F)c(C(F)(F)F)c2-c2cc(C)cc(C)c2)CC1. The number of carbonyl (C=O) groups is 4.